The molecule has 0 aliphatic carbocycles. The number of rotatable bonds is 2. The fraction of sp³-hybridized carbons (Fsp3) is 0.188. The number of aromatic nitrogens is 1. The summed E-state index contributed by atoms with van der Waals surface area (Å²) in [6.45, 7) is 2.47. The maximum Gasteiger partial charge on any atom is 0.261 e. The molecule has 1 aromatic heterocycles. The van der Waals surface area contributed by atoms with Gasteiger partial charge in [-0.2, -0.15) is 0 Å². The number of pyridine rings is 1. The highest BCUT2D eigenvalue weighted by atomic mass is 35.5. The summed E-state index contributed by atoms with van der Waals surface area (Å²) in [6, 6.07) is 7.04. The average Bonchev–Trinajstić information content (AvgIpc) is 3.02. The lowest BCUT2D eigenvalue weighted by atomic mass is 10.2. The minimum atomic E-state index is -0.204. The van der Waals surface area contributed by atoms with Crippen LogP contribution in [-0.4, -0.2) is 33.3 Å². The zero-order chi connectivity index (χ0) is 17.3. The molecule has 4 nitrogen and oxygen atoms in total. The predicted molar refractivity (Wildman–Crippen MR) is 101 cm³/mol. The molecule has 1 aromatic carbocycles. The van der Waals surface area contributed by atoms with Crippen LogP contribution in [0.1, 0.15) is 15.9 Å². The Morgan fingerprint density at radius 3 is 2.83 bits per heavy atom. The Hall–Kier alpha value is -1.27. The van der Waals surface area contributed by atoms with Crippen molar-refractivity contribution >= 4 is 63.3 Å². The van der Waals surface area contributed by atoms with Crippen LogP contribution in [0.15, 0.2) is 35.5 Å². The van der Waals surface area contributed by atoms with Crippen molar-refractivity contribution in [3.8, 4) is 0 Å². The van der Waals surface area contributed by atoms with E-state index in [-0.39, 0.29) is 16.1 Å². The minimum absolute atomic E-state index is 0.174. The molecule has 2 aromatic rings. The first-order chi connectivity index (χ1) is 11.5. The largest absolute Gasteiger partial charge is 0.286 e. The molecule has 0 radical (unpaired) electrons. The molecule has 0 unspecified atom stereocenters. The summed E-state index contributed by atoms with van der Waals surface area (Å²) >= 11 is 19.4. The molecule has 1 saturated heterocycles. The number of amides is 1. The molecular weight excluding hydrogens is 389 g/mol. The van der Waals surface area contributed by atoms with Crippen LogP contribution in [0, 0.1) is 6.92 Å². The molecule has 0 bridgehead atoms. The van der Waals surface area contributed by atoms with Crippen LogP contribution in [0.25, 0.3) is 0 Å². The van der Waals surface area contributed by atoms with Crippen molar-refractivity contribution < 1.29 is 4.79 Å². The third kappa shape index (κ3) is 3.54. The third-order valence-corrected chi connectivity index (χ3v) is 5.57. The maximum atomic E-state index is 12.7. The highest BCUT2D eigenvalue weighted by Crippen LogP contribution is 2.30. The van der Waals surface area contributed by atoms with E-state index in [2.05, 4.69) is 9.98 Å². The van der Waals surface area contributed by atoms with Crippen LogP contribution in [0.3, 0.4) is 0 Å². The van der Waals surface area contributed by atoms with Crippen LogP contribution < -0.4 is 0 Å². The standard InChI is InChI=1S/C16H12Cl3N3OS/c1-9-11(17)3-2-4-13(9)21-16-22(5-6-24-16)15(23)10-7-12(18)14(19)20-8-10/h2-4,7-8H,5-6H2,1H3. The van der Waals surface area contributed by atoms with Crippen molar-refractivity contribution in [1.82, 2.24) is 9.88 Å². The van der Waals surface area contributed by atoms with Crippen molar-refractivity contribution in [3.63, 3.8) is 0 Å². The molecule has 2 heterocycles. The van der Waals surface area contributed by atoms with Gasteiger partial charge >= 0.3 is 0 Å². The highest BCUT2D eigenvalue weighted by molar-refractivity contribution is 8.14. The molecule has 8 heteroatoms. The zero-order valence-corrected chi connectivity index (χ0v) is 15.7. The van der Waals surface area contributed by atoms with E-state index in [0.717, 1.165) is 17.0 Å². The lowest BCUT2D eigenvalue weighted by molar-refractivity contribution is 0.0859. The second-order valence-corrected chi connectivity index (χ2v) is 7.31. The first-order valence-electron chi connectivity index (χ1n) is 7.07. The van der Waals surface area contributed by atoms with Gasteiger partial charge in [-0.05, 0) is 30.7 Å². The van der Waals surface area contributed by atoms with Gasteiger partial charge in [-0.3, -0.25) is 9.69 Å². The number of hydrogen-bond donors (Lipinski definition) is 0. The Bertz CT molecular complexity index is 841. The number of thioether (sulfide) groups is 1. The Labute approximate surface area is 158 Å². The van der Waals surface area contributed by atoms with E-state index in [1.807, 2.05) is 25.1 Å². The molecule has 0 spiro atoms. The van der Waals surface area contributed by atoms with E-state index in [4.69, 9.17) is 34.8 Å². The van der Waals surface area contributed by atoms with Crippen molar-refractivity contribution in [1.29, 1.82) is 0 Å². The van der Waals surface area contributed by atoms with E-state index < -0.39 is 0 Å². The van der Waals surface area contributed by atoms with Gasteiger partial charge in [0.1, 0.15) is 5.15 Å². The number of hydrogen-bond acceptors (Lipinski definition) is 4. The number of aliphatic imine (C=N–C) groups is 1. The van der Waals surface area contributed by atoms with Crippen LogP contribution in [0.2, 0.25) is 15.2 Å². The third-order valence-electron chi connectivity index (χ3n) is 3.52. The Balaban J connectivity index is 1.92. The summed E-state index contributed by atoms with van der Waals surface area (Å²) in [5, 5.41) is 1.70. The van der Waals surface area contributed by atoms with Crippen LogP contribution in [-0.2, 0) is 0 Å². The number of carbonyl (C=O) groups excluding carboxylic acids is 1. The van der Waals surface area contributed by atoms with E-state index in [1.54, 1.807) is 4.90 Å². The Morgan fingerprint density at radius 1 is 1.29 bits per heavy atom. The van der Waals surface area contributed by atoms with E-state index >= 15 is 0 Å². The fourth-order valence-electron chi connectivity index (χ4n) is 2.20. The van der Waals surface area contributed by atoms with Gasteiger partial charge in [0.05, 0.1) is 16.3 Å². The lowest BCUT2D eigenvalue weighted by Gasteiger charge is -2.16. The molecule has 1 fully saturated rings. The van der Waals surface area contributed by atoms with E-state index in [1.165, 1.54) is 24.0 Å². The van der Waals surface area contributed by atoms with Gasteiger partial charge in [0.15, 0.2) is 5.17 Å². The number of benzene rings is 1. The summed E-state index contributed by atoms with van der Waals surface area (Å²) in [4.78, 5) is 22.9. The van der Waals surface area contributed by atoms with Crippen LogP contribution in [0.5, 0.6) is 0 Å². The van der Waals surface area contributed by atoms with Gasteiger partial charge < -0.3 is 0 Å². The van der Waals surface area contributed by atoms with Crippen molar-refractivity contribution in [3.05, 3.63) is 56.8 Å². The highest BCUT2D eigenvalue weighted by Gasteiger charge is 2.27. The maximum absolute atomic E-state index is 12.7. The summed E-state index contributed by atoms with van der Waals surface area (Å²) < 4.78 is 0. The molecule has 1 amide bonds. The van der Waals surface area contributed by atoms with Gasteiger partial charge in [0, 0.05) is 23.5 Å². The minimum Gasteiger partial charge on any atom is -0.286 e. The topological polar surface area (TPSA) is 45.6 Å². The summed E-state index contributed by atoms with van der Waals surface area (Å²) in [6.07, 6.45) is 1.42. The summed E-state index contributed by atoms with van der Waals surface area (Å²) in [7, 11) is 0. The summed E-state index contributed by atoms with van der Waals surface area (Å²) in [5.41, 5.74) is 2.00. The van der Waals surface area contributed by atoms with Crippen LogP contribution >= 0.6 is 46.6 Å². The predicted octanol–water partition coefficient (Wildman–Crippen LogP) is 5.23. The molecule has 24 heavy (non-hydrogen) atoms. The number of carbonyl (C=O) groups is 1. The van der Waals surface area contributed by atoms with Gasteiger partial charge in [-0.1, -0.05) is 52.6 Å². The van der Waals surface area contributed by atoms with Crippen molar-refractivity contribution in [2.45, 2.75) is 6.92 Å². The van der Waals surface area contributed by atoms with Crippen molar-refractivity contribution in [2.75, 3.05) is 12.3 Å². The molecule has 124 valence electrons. The lowest BCUT2D eigenvalue weighted by Crippen LogP contribution is -2.31. The monoisotopic (exact) mass is 399 g/mol. The quantitative estimate of drug-likeness (QED) is 0.649. The van der Waals surface area contributed by atoms with Gasteiger partial charge in [-0.25, -0.2) is 9.98 Å². The number of nitrogens with zero attached hydrogens (tertiary/aromatic N) is 3. The second-order valence-electron chi connectivity index (χ2n) is 5.08. The first-order valence-corrected chi connectivity index (χ1v) is 9.19. The Morgan fingerprint density at radius 2 is 2.08 bits per heavy atom. The smallest absolute Gasteiger partial charge is 0.261 e. The second kappa shape index (κ2) is 7.31. The molecule has 3 rings (SSSR count). The first kappa shape index (κ1) is 17.5. The molecular formula is C16H12Cl3N3OS. The number of halogens is 3. The molecule has 0 N–H and O–H groups in total. The van der Waals surface area contributed by atoms with Gasteiger partial charge in [0.2, 0.25) is 0 Å². The fourth-order valence-corrected chi connectivity index (χ4v) is 3.59. The van der Waals surface area contributed by atoms with Gasteiger partial charge in [0.25, 0.3) is 5.91 Å². The SMILES string of the molecule is Cc1c(Cl)cccc1N=C1SCCN1C(=O)c1cnc(Cl)c(Cl)c1. The van der Waals surface area contributed by atoms with Crippen LogP contribution in [0.4, 0.5) is 5.69 Å². The van der Waals surface area contributed by atoms with E-state index in [0.29, 0.717) is 22.3 Å². The normalized spacial score (nSPS) is 16.0. The Kier molecular flexibility index (Phi) is 5.35. The van der Waals surface area contributed by atoms with E-state index in [9.17, 15) is 4.79 Å². The number of amidine groups is 1. The van der Waals surface area contributed by atoms with Gasteiger partial charge in [-0.15, -0.1) is 0 Å². The average molecular weight is 401 g/mol. The molecule has 0 saturated carbocycles. The van der Waals surface area contributed by atoms with Crippen molar-refractivity contribution in [2.24, 2.45) is 4.99 Å². The summed E-state index contributed by atoms with van der Waals surface area (Å²) in [5.74, 6) is 0.573. The molecule has 1 aliphatic rings. The molecule has 0 atom stereocenters. The zero-order valence-electron chi connectivity index (χ0n) is 12.6. The molecule has 1 aliphatic heterocycles.